The monoisotopic (exact) mass is 240 g/mol. The van der Waals surface area contributed by atoms with Gasteiger partial charge in [-0.2, -0.15) is 0 Å². The van der Waals surface area contributed by atoms with E-state index in [9.17, 15) is 19.7 Å². The van der Waals surface area contributed by atoms with Gasteiger partial charge in [-0.05, 0) is 6.07 Å². The number of rotatable bonds is 3. The van der Waals surface area contributed by atoms with Crippen LogP contribution in [0.4, 0.5) is 11.4 Å². The van der Waals surface area contributed by atoms with E-state index >= 15 is 0 Å². The van der Waals surface area contributed by atoms with E-state index in [1.54, 1.807) is 0 Å². The van der Waals surface area contributed by atoms with Crippen LogP contribution in [-0.2, 0) is 9.59 Å². The number of non-ortho nitro benzene ring substituents is 1. The molecule has 0 atom stereocenters. The highest BCUT2D eigenvalue weighted by atomic mass is 16.6. The van der Waals surface area contributed by atoms with Crippen molar-refractivity contribution >= 4 is 23.3 Å². The first kappa shape index (κ1) is 12.4. The molecule has 8 heteroatoms. The number of methoxy groups -OCH3 is 1. The molecular formula is C9H8N2O6. The first-order valence-corrected chi connectivity index (χ1v) is 4.32. The highest BCUT2D eigenvalue weighted by Crippen LogP contribution is 2.28. The van der Waals surface area contributed by atoms with Crippen LogP contribution in [0.1, 0.15) is 0 Å². The predicted octanol–water partition coefficient (Wildman–Crippen LogP) is 0.626. The van der Waals surface area contributed by atoms with Crippen LogP contribution in [0, 0.1) is 10.1 Å². The minimum absolute atomic E-state index is 0.0749. The zero-order chi connectivity index (χ0) is 13.0. The maximum atomic E-state index is 10.9. The van der Waals surface area contributed by atoms with E-state index in [1.165, 1.54) is 19.2 Å². The van der Waals surface area contributed by atoms with Crippen molar-refractivity contribution in [3.05, 3.63) is 28.3 Å². The van der Waals surface area contributed by atoms with E-state index in [0.717, 1.165) is 6.07 Å². The number of carbonyl (C=O) groups is 2. The Balaban J connectivity index is 3.10. The van der Waals surface area contributed by atoms with Gasteiger partial charge in [-0.1, -0.05) is 0 Å². The lowest BCUT2D eigenvalue weighted by molar-refractivity contribution is -0.384. The minimum Gasteiger partial charge on any atom is -0.495 e. The number of aliphatic carboxylic acids is 1. The fourth-order valence-corrected chi connectivity index (χ4v) is 1.08. The van der Waals surface area contributed by atoms with Crippen LogP contribution < -0.4 is 10.1 Å². The summed E-state index contributed by atoms with van der Waals surface area (Å²) in [5, 5.41) is 20.9. The van der Waals surface area contributed by atoms with Crippen molar-refractivity contribution in [1.82, 2.24) is 0 Å². The number of carboxylic acids is 1. The Morgan fingerprint density at radius 3 is 2.59 bits per heavy atom. The van der Waals surface area contributed by atoms with E-state index in [1.807, 2.05) is 5.32 Å². The van der Waals surface area contributed by atoms with Crippen LogP contribution >= 0.6 is 0 Å². The third-order valence-corrected chi connectivity index (χ3v) is 1.84. The van der Waals surface area contributed by atoms with Crippen molar-refractivity contribution in [3.63, 3.8) is 0 Å². The van der Waals surface area contributed by atoms with Gasteiger partial charge in [-0.15, -0.1) is 0 Å². The molecule has 90 valence electrons. The predicted molar refractivity (Wildman–Crippen MR) is 55.9 cm³/mol. The molecule has 8 nitrogen and oxygen atoms in total. The van der Waals surface area contributed by atoms with Gasteiger partial charge in [0.15, 0.2) is 0 Å². The zero-order valence-electron chi connectivity index (χ0n) is 8.67. The van der Waals surface area contributed by atoms with E-state index in [0.29, 0.717) is 0 Å². The third kappa shape index (κ3) is 2.91. The molecule has 0 spiro atoms. The summed E-state index contributed by atoms with van der Waals surface area (Å²) in [6.07, 6.45) is 0. The summed E-state index contributed by atoms with van der Waals surface area (Å²) in [5.74, 6) is -2.87. The maximum Gasteiger partial charge on any atom is 0.394 e. The van der Waals surface area contributed by atoms with Gasteiger partial charge < -0.3 is 15.2 Å². The number of carboxylic acid groups (broad SMARTS) is 1. The number of benzene rings is 1. The number of anilines is 1. The summed E-state index contributed by atoms with van der Waals surface area (Å²) in [7, 11) is 1.29. The van der Waals surface area contributed by atoms with Crippen molar-refractivity contribution < 1.29 is 24.4 Å². The summed E-state index contributed by atoms with van der Waals surface area (Å²) >= 11 is 0. The molecule has 0 aromatic heterocycles. The fraction of sp³-hybridized carbons (Fsp3) is 0.111. The molecule has 0 bridgehead atoms. The second-order valence-corrected chi connectivity index (χ2v) is 2.90. The van der Waals surface area contributed by atoms with Gasteiger partial charge in [-0.3, -0.25) is 14.9 Å². The zero-order valence-corrected chi connectivity index (χ0v) is 8.67. The van der Waals surface area contributed by atoms with Crippen molar-refractivity contribution in [2.75, 3.05) is 12.4 Å². The van der Waals surface area contributed by atoms with Crippen LogP contribution in [0.25, 0.3) is 0 Å². The molecule has 2 N–H and O–H groups in total. The van der Waals surface area contributed by atoms with Crippen LogP contribution in [0.3, 0.4) is 0 Å². The quantitative estimate of drug-likeness (QED) is 0.454. The highest BCUT2D eigenvalue weighted by Gasteiger charge is 2.17. The number of nitrogens with zero attached hydrogens (tertiary/aromatic N) is 1. The molecule has 0 unspecified atom stereocenters. The van der Waals surface area contributed by atoms with Crippen LogP contribution in [0.5, 0.6) is 5.75 Å². The second-order valence-electron chi connectivity index (χ2n) is 2.90. The fourth-order valence-electron chi connectivity index (χ4n) is 1.08. The normalized spacial score (nSPS) is 9.47. The molecule has 1 rings (SSSR count). The first-order valence-electron chi connectivity index (χ1n) is 4.32. The number of nitrogens with one attached hydrogen (secondary N) is 1. The van der Waals surface area contributed by atoms with E-state index in [-0.39, 0.29) is 17.1 Å². The number of carbonyl (C=O) groups excluding carboxylic acids is 1. The number of nitro benzene ring substituents is 1. The molecule has 17 heavy (non-hydrogen) atoms. The number of hydrogen-bond donors (Lipinski definition) is 2. The van der Waals surface area contributed by atoms with Gasteiger partial charge in [0.25, 0.3) is 5.69 Å². The molecule has 0 radical (unpaired) electrons. The topological polar surface area (TPSA) is 119 Å². The lowest BCUT2D eigenvalue weighted by Crippen LogP contribution is -2.22. The van der Waals surface area contributed by atoms with Crippen molar-refractivity contribution in [3.8, 4) is 5.75 Å². The molecule has 0 saturated heterocycles. The number of nitro groups is 1. The smallest absolute Gasteiger partial charge is 0.394 e. The SMILES string of the molecule is COc1ccc([N+](=O)[O-])cc1NC(=O)C(=O)O. The molecule has 0 heterocycles. The van der Waals surface area contributed by atoms with Crippen molar-refractivity contribution in [1.29, 1.82) is 0 Å². The number of hydrogen-bond acceptors (Lipinski definition) is 5. The average molecular weight is 240 g/mol. The van der Waals surface area contributed by atoms with E-state index in [2.05, 4.69) is 0 Å². The summed E-state index contributed by atoms with van der Waals surface area (Å²) in [5.41, 5.74) is -0.361. The van der Waals surface area contributed by atoms with Gasteiger partial charge in [0.2, 0.25) is 0 Å². The van der Waals surface area contributed by atoms with Gasteiger partial charge >= 0.3 is 11.9 Å². The maximum absolute atomic E-state index is 10.9. The number of ether oxygens (including phenoxy) is 1. The Labute approximate surface area is 95.0 Å². The van der Waals surface area contributed by atoms with Crippen LogP contribution in [0.2, 0.25) is 0 Å². The Bertz CT molecular complexity index is 484. The van der Waals surface area contributed by atoms with Crippen LogP contribution in [0.15, 0.2) is 18.2 Å². The van der Waals surface area contributed by atoms with Crippen LogP contribution in [-0.4, -0.2) is 29.0 Å². The average Bonchev–Trinajstić information content (AvgIpc) is 2.28. The molecule has 0 saturated carbocycles. The van der Waals surface area contributed by atoms with E-state index < -0.39 is 16.8 Å². The molecule has 0 aliphatic carbocycles. The third-order valence-electron chi connectivity index (χ3n) is 1.84. The Morgan fingerprint density at radius 2 is 2.12 bits per heavy atom. The molecule has 0 aliphatic rings. The standard InChI is InChI=1S/C9H8N2O6/c1-17-7-3-2-5(11(15)16)4-6(7)10-8(12)9(13)14/h2-4H,1H3,(H,10,12)(H,13,14). The first-order chi connectivity index (χ1) is 7.95. The molecule has 0 aliphatic heterocycles. The van der Waals surface area contributed by atoms with Gasteiger partial charge in [-0.25, -0.2) is 4.79 Å². The van der Waals surface area contributed by atoms with Crippen molar-refractivity contribution in [2.45, 2.75) is 0 Å². The Kier molecular flexibility index (Phi) is 3.60. The summed E-state index contributed by atoms with van der Waals surface area (Å²) in [6, 6.07) is 3.45. The second kappa shape index (κ2) is 4.92. The molecule has 1 aromatic carbocycles. The minimum atomic E-state index is -1.70. The molecule has 1 amide bonds. The molecule has 0 fully saturated rings. The highest BCUT2D eigenvalue weighted by molar-refractivity contribution is 6.36. The number of amides is 1. The Morgan fingerprint density at radius 1 is 1.47 bits per heavy atom. The summed E-state index contributed by atoms with van der Waals surface area (Å²) in [4.78, 5) is 31.1. The molecule has 1 aromatic rings. The molecular weight excluding hydrogens is 232 g/mol. The van der Waals surface area contributed by atoms with Gasteiger partial charge in [0.1, 0.15) is 5.75 Å². The summed E-state index contributed by atoms with van der Waals surface area (Å²) in [6.45, 7) is 0. The summed E-state index contributed by atoms with van der Waals surface area (Å²) < 4.78 is 4.83. The lowest BCUT2D eigenvalue weighted by atomic mass is 10.2. The van der Waals surface area contributed by atoms with Gasteiger partial charge in [0.05, 0.1) is 17.7 Å². The largest absolute Gasteiger partial charge is 0.495 e. The lowest BCUT2D eigenvalue weighted by Gasteiger charge is -2.07. The van der Waals surface area contributed by atoms with Gasteiger partial charge in [0, 0.05) is 12.1 Å². The Hall–Kier alpha value is -2.64. The van der Waals surface area contributed by atoms with E-state index in [4.69, 9.17) is 9.84 Å². The van der Waals surface area contributed by atoms with Crippen molar-refractivity contribution in [2.24, 2.45) is 0 Å².